The highest BCUT2D eigenvalue weighted by Crippen LogP contribution is 2.30. The minimum Gasteiger partial charge on any atom is -0.489 e. The molecule has 7 heteroatoms. The van der Waals surface area contributed by atoms with Crippen molar-refractivity contribution in [3.63, 3.8) is 0 Å². The average Bonchev–Trinajstić information content (AvgIpc) is 3.15. The molecule has 0 aliphatic carbocycles. The predicted molar refractivity (Wildman–Crippen MR) is 105 cm³/mol. The summed E-state index contributed by atoms with van der Waals surface area (Å²) >= 11 is 0. The molecule has 0 aliphatic heterocycles. The number of para-hydroxylation sites is 2. The number of benzene rings is 3. The zero-order chi connectivity index (χ0) is 19.3. The zero-order valence-corrected chi connectivity index (χ0v) is 15.0. The fourth-order valence-corrected chi connectivity index (χ4v) is 3.19. The van der Waals surface area contributed by atoms with Crippen LogP contribution in [0.5, 0.6) is 5.75 Å². The van der Waals surface area contributed by atoms with E-state index in [0.717, 1.165) is 11.1 Å². The van der Waals surface area contributed by atoms with Gasteiger partial charge in [0.25, 0.3) is 0 Å². The van der Waals surface area contributed by atoms with Gasteiger partial charge in [0.2, 0.25) is 6.54 Å². The van der Waals surface area contributed by atoms with Crippen molar-refractivity contribution in [1.29, 1.82) is 0 Å². The molecule has 28 heavy (non-hydrogen) atoms. The maximum absolute atomic E-state index is 11.4. The van der Waals surface area contributed by atoms with Crippen molar-refractivity contribution in [1.82, 2.24) is 15.0 Å². The minimum atomic E-state index is -0.630. The average molecular weight is 374 g/mol. The third kappa shape index (κ3) is 3.68. The Bertz CT molecular complexity index is 1090. The summed E-state index contributed by atoms with van der Waals surface area (Å²) in [5.74, 6) is 0.595. The molecule has 0 saturated carbocycles. The van der Waals surface area contributed by atoms with Crippen LogP contribution >= 0.6 is 0 Å². The van der Waals surface area contributed by atoms with Crippen molar-refractivity contribution in [2.45, 2.75) is 12.6 Å². The first kappa shape index (κ1) is 17.7. The first-order valence-electron chi connectivity index (χ1n) is 8.90. The Morgan fingerprint density at radius 3 is 2.50 bits per heavy atom. The van der Waals surface area contributed by atoms with Gasteiger partial charge in [-0.2, -0.15) is 0 Å². The molecular weight excluding hydrogens is 356 g/mol. The molecule has 4 rings (SSSR count). The summed E-state index contributed by atoms with van der Waals surface area (Å²) in [6.45, 7) is 0.0558. The lowest BCUT2D eigenvalue weighted by Gasteiger charge is -2.18. The largest absolute Gasteiger partial charge is 0.489 e. The summed E-state index contributed by atoms with van der Waals surface area (Å²) in [4.78, 5) is 11.1. The molecule has 3 aromatic carbocycles. The highest BCUT2D eigenvalue weighted by molar-refractivity contribution is 5.74. The first-order chi connectivity index (χ1) is 13.7. The molecule has 1 atom stereocenters. The minimum absolute atomic E-state index is 0.320. The summed E-state index contributed by atoms with van der Waals surface area (Å²) in [6, 6.07) is 23.9. The SMILES string of the molecule is O=[N+]([O-])C[C@H](c1ccccc1OCc1ccccc1)n1nnc2ccccc21. The van der Waals surface area contributed by atoms with Crippen LogP contribution in [0.2, 0.25) is 0 Å². The van der Waals surface area contributed by atoms with E-state index in [4.69, 9.17) is 4.74 Å². The van der Waals surface area contributed by atoms with Gasteiger partial charge in [-0.15, -0.1) is 5.10 Å². The molecule has 0 amide bonds. The van der Waals surface area contributed by atoms with Crippen molar-refractivity contribution in [2.75, 3.05) is 6.54 Å². The summed E-state index contributed by atoms with van der Waals surface area (Å²) < 4.78 is 7.61. The summed E-state index contributed by atoms with van der Waals surface area (Å²) in [5.41, 5.74) is 3.16. The van der Waals surface area contributed by atoms with Crippen molar-refractivity contribution in [3.8, 4) is 5.75 Å². The standard InChI is InChI=1S/C21H18N4O3/c26-24(27)14-20(25-19-12-6-5-11-18(19)22-23-25)17-10-4-7-13-21(17)28-15-16-8-2-1-3-9-16/h1-13,20H,14-15H2/t20-/m1/s1. The van der Waals surface area contributed by atoms with Gasteiger partial charge in [0, 0.05) is 10.5 Å². The number of rotatable bonds is 7. The number of aromatic nitrogens is 3. The summed E-state index contributed by atoms with van der Waals surface area (Å²) in [5, 5.41) is 19.7. The number of ether oxygens (including phenoxy) is 1. The van der Waals surface area contributed by atoms with E-state index in [9.17, 15) is 10.1 Å². The van der Waals surface area contributed by atoms with Crippen LogP contribution < -0.4 is 4.74 Å². The van der Waals surface area contributed by atoms with Gasteiger partial charge in [-0.1, -0.05) is 65.9 Å². The van der Waals surface area contributed by atoms with Gasteiger partial charge in [0.1, 0.15) is 23.9 Å². The monoisotopic (exact) mass is 374 g/mol. The van der Waals surface area contributed by atoms with E-state index in [2.05, 4.69) is 10.3 Å². The van der Waals surface area contributed by atoms with Gasteiger partial charge < -0.3 is 4.74 Å². The van der Waals surface area contributed by atoms with E-state index < -0.39 is 6.04 Å². The van der Waals surface area contributed by atoms with Crippen LogP contribution in [0.1, 0.15) is 17.2 Å². The lowest BCUT2D eigenvalue weighted by molar-refractivity contribution is -0.484. The summed E-state index contributed by atoms with van der Waals surface area (Å²) in [7, 11) is 0. The van der Waals surface area contributed by atoms with Crippen LogP contribution in [-0.2, 0) is 6.61 Å². The number of nitrogens with zero attached hydrogens (tertiary/aromatic N) is 4. The molecule has 4 aromatic rings. The van der Waals surface area contributed by atoms with Gasteiger partial charge in [-0.25, -0.2) is 4.68 Å². The fourth-order valence-electron chi connectivity index (χ4n) is 3.19. The Hall–Kier alpha value is -3.74. The predicted octanol–water partition coefficient (Wildman–Crippen LogP) is 3.88. The molecule has 0 aliphatic rings. The lowest BCUT2D eigenvalue weighted by Crippen LogP contribution is -2.22. The Morgan fingerprint density at radius 1 is 0.964 bits per heavy atom. The third-order valence-corrected chi connectivity index (χ3v) is 4.51. The van der Waals surface area contributed by atoms with E-state index >= 15 is 0 Å². The number of hydrogen-bond acceptors (Lipinski definition) is 5. The molecule has 0 unspecified atom stereocenters. The van der Waals surface area contributed by atoms with Crippen molar-refractivity contribution in [3.05, 3.63) is 100 Å². The molecule has 0 radical (unpaired) electrons. The van der Waals surface area contributed by atoms with Crippen molar-refractivity contribution < 1.29 is 9.66 Å². The molecule has 1 heterocycles. The maximum atomic E-state index is 11.4. The molecular formula is C21H18N4O3. The first-order valence-corrected chi connectivity index (χ1v) is 8.90. The van der Waals surface area contributed by atoms with E-state index in [1.807, 2.05) is 78.9 Å². The summed E-state index contributed by atoms with van der Waals surface area (Å²) in [6.07, 6.45) is 0. The quantitative estimate of drug-likeness (QED) is 0.362. The second-order valence-corrected chi connectivity index (χ2v) is 6.37. The Balaban J connectivity index is 1.72. The third-order valence-electron chi connectivity index (χ3n) is 4.51. The molecule has 1 aromatic heterocycles. The van der Waals surface area contributed by atoms with Gasteiger partial charge in [0.15, 0.2) is 0 Å². The van der Waals surface area contributed by atoms with Crippen LogP contribution in [0.3, 0.4) is 0 Å². The van der Waals surface area contributed by atoms with E-state index in [-0.39, 0.29) is 11.5 Å². The normalized spacial score (nSPS) is 12.0. The molecule has 0 saturated heterocycles. The molecule has 0 N–H and O–H groups in total. The van der Waals surface area contributed by atoms with Crippen LogP contribution in [0.15, 0.2) is 78.9 Å². The van der Waals surface area contributed by atoms with E-state index in [0.29, 0.717) is 23.4 Å². The highest BCUT2D eigenvalue weighted by atomic mass is 16.6. The fraction of sp³-hybridized carbons (Fsp3) is 0.143. The second kappa shape index (κ2) is 7.87. The molecule has 140 valence electrons. The van der Waals surface area contributed by atoms with E-state index in [1.165, 1.54) is 0 Å². The van der Waals surface area contributed by atoms with Crippen LogP contribution in [0.25, 0.3) is 11.0 Å². The topological polar surface area (TPSA) is 83.1 Å². The van der Waals surface area contributed by atoms with Crippen molar-refractivity contribution >= 4 is 11.0 Å². The number of fused-ring (bicyclic) bond motifs is 1. The number of hydrogen-bond donors (Lipinski definition) is 0. The smallest absolute Gasteiger partial charge is 0.230 e. The maximum Gasteiger partial charge on any atom is 0.230 e. The molecule has 0 fully saturated rings. The number of nitro groups is 1. The van der Waals surface area contributed by atoms with Gasteiger partial charge >= 0.3 is 0 Å². The van der Waals surface area contributed by atoms with Gasteiger partial charge in [-0.05, 0) is 23.8 Å². The molecule has 0 bridgehead atoms. The van der Waals surface area contributed by atoms with E-state index in [1.54, 1.807) is 4.68 Å². The van der Waals surface area contributed by atoms with Crippen molar-refractivity contribution in [2.24, 2.45) is 0 Å². The second-order valence-electron chi connectivity index (χ2n) is 6.37. The van der Waals surface area contributed by atoms with Crippen LogP contribution in [0.4, 0.5) is 0 Å². The van der Waals surface area contributed by atoms with Gasteiger partial charge in [0.05, 0.1) is 5.52 Å². The Morgan fingerprint density at radius 2 is 1.68 bits per heavy atom. The zero-order valence-electron chi connectivity index (χ0n) is 15.0. The Labute approximate surface area is 161 Å². The molecule has 7 nitrogen and oxygen atoms in total. The Kier molecular flexibility index (Phi) is 4.97. The van der Waals surface area contributed by atoms with Crippen LogP contribution in [-0.4, -0.2) is 26.5 Å². The van der Waals surface area contributed by atoms with Crippen LogP contribution in [0, 0.1) is 10.1 Å². The van der Waals surface area contributed by atoms with Gasteiger partial charge in [-0.3, -0.25) is 10.1 Å². The lowest BCUT2D eigenvalue weighted by atomic mass is 10.1. The molecule has 0 spiro atoms. The highest BCUT2D eigenvalue weighted by Gasteiger charge is 2.26.